The lowest BCUT2D eigenvalue weighted by molar-refractivity contribution is -0.131. The van der Waals surface area contributed by atoms with Gasteiger partial charge in [0.1, 0.15) is 11.6 Å². The van der Waals surface area contributed by atoms with Crippen LogP contribution in [0.4, 0.5) is 0 Å². The molecule has 1 atom stereocenters. The summed E-state index contributed by atoms with van der Waals surface area (Å²) in [6.45, 7) is 5.04. The zero-order chi connectivity index (χ0) is 21.4. The average Bonchev–Trinajstić information content (AvgIpc) is 3.53. The molecule has 1 aliphatic rings. The fourth-order valence-electron chi connectivity index (χ4n) is 4.61. The summed E-state index contributed by atoms with van der Waals surface area (Å²) < 4.78 is 2.04. The summed E-state index contributed by atoms with van der Waals surface area (Å²) in [6, 6.07) is 14.2. The number of aromatic amines is 1. The molecule has 3 aromatic heterocycles. The number of imidazole rings is 1. The van der Waals surface area contributed by atoms with Crippen LogP contribution in [-0.2, 0) is 11.2 Å². The summed E-state index contributed by atoms with van der Waals surface area (Å²) in [7, 11) is 0. The molecule has 0 aliphatic carbocycles. The lowest BCUT2D eigenvalue weighted by atomic mass is 10.1. The maximum absolute atomic E-state index is 13.3. The molecule has 6 heteroatoms. The highest BCUT2D eigenvalue weighted by Gasteiger charge is 2.31. The number of carbonyl (C=O) groups excluding carboxylic acids is 1. The van der Waals surface area contributed by atoms with Crippen molar-refractivity contribution in [3.05, 3.63) is 78.1 Å². The van der Waals surface area contributed by atoms with Crippen molar-refractivity contribution < 1.29 is 4.79 Å². The van der Waals surface area contributed by atoms with Gasteiger partial charge in [-0.1, -0.05) is 38.1 Å². The second kappa shape index (κ2) is 8.02. The molecule has 6 nitrogen and oxygen atoms in total. The van der Waals surface area contributed by atoms with E-state index in [0.29, 0.717) is 12.3 Å². The topological polar surface area (TPSA) is 66.8 Å². The number of H-pyrrole nitrogens is 1. The fourth-order valence-corrected chi connectivity index (χ4v) is 4.61. The maximum Gasteiger partial charge on any atom is 0.227 e. The van der Waals surface area contributed by atoms with Crippen molar-refractivity contribution in [2.45, 2.75) is 45.1 Å². The first-order valence-corrected chi connectivity index (χ1v) is 11.0. The van der Waals surface area contributed by atoms with Crippen molar-refractivity contribution in [3.8, 4) is 5.82 Å². The molecular formula is C25H27N5O. The average molecular weight is 414 g/mol. The summed E-state index contributed by atoms with van der Waals surface area (Å²) in [5, 5.41) is 1.12. The lowest BCUT2D eigenvalue weighted by Gasteiger charge is -2.25. The number of aromatic nitrogens is 4. The molecule has 0 bridgehead atoms. The van der Waals surface area contributed by atoms with Crippen LogP contribution in [0.1, 0.15) is 55.7 Å². The highest BCUT2D eigenvalue weighted by atomic mass is 16.2. The van der Waals surface area contributed by atoms with Crippen LogP contribution < -0.4 is 0 Å². The third-order valence-corrected chi connectivity index (χ3v) is 6.12. The Morgan fingerprint density at radius 1 is 1.19 bits per heavy atom. The van der Waals surface area contributed by atoms with E-state index in [4.69, 9.17) is 4.98 Å². The number of hydrogen-bond acceptors (Lipinski definition) is 3. The van der Waals surface area contributed by atoms with E-state index in [-0.39, 0.29) is 11.9 Å². The maximum atomic E-state index is 13.3. The number of likely N-dealkylation sites (tertiary alicyclic amines) is 1. The molecule has 1 aliphatic heterocycles. The van der Waals surface area contributed by atoms with Gasteiger partial charge in [0.05, 0.1) is 18.2 Å². The van der Waals surface area contributed by atoms with Gasteiger partial charge in [-0.15, -0.1) is 0 Å². The van der Waals surface area contributed by atoms with Crippen LogP contribution in [0.2, 0.25) is 0 Å². The Balaban J connectivity index is 1.40. The zero-order valence-electron chi connectivity index (χ0n) is 18.0. The van der Waals surface area contributed by atoms with E-state index in [9.17, 15) is 4.79 Å². The minimum atomic E-state index is 0.0173. The van der Waals surface area contributed by atoms with E-state index < -0.39 is 0 Å². The monoisotopic (exact) mass is 413 g/mol. The molecule has 4 aromatic rings. The Labute approximate surface area is 181 Å². The van der Waals surface area contributed by atoms with Gasteiger partial charge in [-0.05, 0) is 36.6 Å². The first-order chi connectivity index (χ1) is 15.1. The molecule has 5 rings (SSSR count). The molecule has 1 fully saturated rings. The van der Waals surface area contributed by atoms with Crippen molar-refractivity contribution in [3.63, 3.8) is 0 Å². The summed E-state index contributed by atoms with van der Waals surface area (Å²) >= 11 is 0. The molecule has 0 saturated carbocycles. The Hall–Kier alpha value is -3.41. The number of benzene rings is 1. The minimum absolute atomic E-state index is 0.0173. The van der Waals surface area contributed by atoms with Crippen molar-refractivity contribution in [2.24, 2.45) is 0 Å². The smallest absolute Gasteiger partial charge is 0.227 e. The first-order valence-electron chi connectivity index (χ1n) is 11.0. The Morgan fingerprint density at radius 2 is 2.06 bits per heavy atom. The minimum Gasteiger partial charge on any atom is -0.361 e. The summed E-state index contributed by atoms with van der Waals surface area (Å²) in [5.74, 6) is 2.31. The Morgan fingerprint density at radius 3 is 2.94 bits per heavy atom. The highest BCUT2D eigenvalue weighted by molar-refractivity contribution is 5.89. The predicted octanol–water partition coefficient (Wildman–Crippen LogP) is 4.78. The number of nitrogens with one attached hydrogen (secondary N) is 1. The normalized spacial score (nSPS) is 16.5. The van der Waals surface area contributed by atoms with Crippen molar-refractivity contribution in [1.29, 1.82) is 0 Å². The van der Waals surface area contributed by atoms with Crippen LogP contribution in [0, 0.1) is 0 Å². The number of hydrogen-bond donors (Lipinski definition) is 1. The molecule has 0 unspecified atom stereocenters. The van der Waals surface area contributed by atoms with Crippen molar-refractivity contribution in [2.75, 3.05) is 6.54 Å². The van der Waals surface area contributed by atoms with Gasteiger partial charge in [-0.25, -0.2) is 9.97 Å². The van der Waals surface area contributed by atoms with Gasteiger partial charge in [0.25, 0.3) is 0 Å². The van der Waals surface area contributed by atoms with Crippen LogP contribution in [0.15, 0.2) is 61.1 Å². The molecule has 0 radical (unpaired) electrons. The van der Waals surface area contributed by atoms with Crippen LogP contribution >= 0.6 is 0 Å². The van der Waals surface area contributed by atoms with Gasteiger partial charge in [-0.3, -0.25) is 9.36 Å². The number of carbonyl (C=O) groups is 1. The molecule has 1 amide bonds. The molecule has 158 valence electrons. The van der Waals surface area contributed by atoms with E-state index >= 15 is 0 Å². The summed E-state index contributed by atoms with van der Waals surface area (Å²) in [6.07, 6.45) is 8.07. The largest absolute Gasteiger partial charge is 0.361 e. The van der Waals surface area contributed by atoms with Gasteiger partial charge < -0.3 is 9.88 Å². The first kappa shape index (κ1) is 19.5. The predicted molar refractivity (Wildman–Crippen MR) is 121 cm³/mol. The Bertz CT molecular complexity index is 1220. The van der Waals surface area contributed by atoms with Crippen LogP contribution in [0.5, 0.6) is 0 Å². The molecule has 1 aromatic carbocycles. The molecule has 4 heterocycles. The van der Waals surface area contributed by atoms with E-state index in [1.165, 1.54) is 0 Å². The summed E-state index contributed by atoms with van der Waals surface area (Å²) in [5.41, 5.74) is 3.07. The van der Waals surface area contributed by atoms with E-state index in [1.807, 2.05) is 64.5 Å². The SMILES string of the molecule is CC(C)c1nccn1-c1cccc([C@@H]2CCCN2C(=O)Cc2c[nH]c3ccccc23)n1. The number of amides is 1. The van der Waals surface area contributed by atoms with E-state index in [1.54, 1.807) is 0 Å². The molecule has 1 N–H and O–H groups in total. The fraction of sp³-hybridized carbons (Fsp3) is 0.320. The van der Waals surface area contributed by atoms with Crippen LogP contribution in [0.25, 0.3) is 16.7 Å². The van der Waals surface area contributed by atoms with Gasteiger partial charge >= 0.3 is 0 Å². The number of para-hydroxylation sites is 1. The standard InChI is InChI=1S/C25H27N5O/c1-17(2)25-26-12-14-30(25)23-11-5-9-21(28-23)22-10-6-13-29(22)24(31)15-18-16-27-20-8-4-3-7-19(18)20/h3-5,7-9,11-12,14,16-17,22,27H,6,10,13,15H2,1-2H3/t22-/m0/s1. The Kier molecular flexibility index (Phi) is 5.06. The van der Waals surface area contributed by atoms with Crippen LogP contribution in [-0.4, -0.2) is 36.9 Å². The highest BCUT2D eigenvalue weighted by Crippen LogP contribution is 2.32. The van der Waals surface area contributed by atoms with E-state index in [0.717, 1.165) is 53.2 Å². The number of fused-ring (bicyclic) bond motifs is 1. The quantitative estimate of drug-likeness (QED) is 0.512. The number of rotatable bonds is 5. The zero-order valence-corrected chi connectivity index (χ0v) is 18.0. The second-order valence-corrected chi connectivity index (χ2v) is 8.51. The second-order valence-electron chi connectivity index (χ2n) is 8.51. The van der Waals surface area contributed by atoms with Crippen molar-refractivity contribution in [1.82, 2.24) is 24.4 Å². The lowest BCUT2D eigenvalue weighted by Crippen LogP contribution is -2.32. The summed E-state index contributed by atoms with van der Waals surface area (Å²) in [4.78, 5) is 28.0. The molecular weight excluding hydrogens is 386 g/mol. The number of pyridine rings is 1. The number of nitrogens with zero attached hydrogens (tertiary/aromatic N) is 4. The van der Waals surface area contributed by atoms with Crippen LogP contribution in [0.3, 0.4) is 0 Å². The third kappa shape index (κ3) is 3.63. The molecule has 1 saturated heterocycles. The van der Waals surface area contributed by atoms with E-state index in [2.05, 4.69) is 29.9 Å². The third-order valence-electron chi connectivity index (χ3n) is 6.12. The van der Waals surface area contributed by atoms with Crippen molar-refractivity contribution >= 4 is 16.8 Å². The van der Waals surface area contributed by atoms with Gasteiger partial charge in [0, 0.05) is 42.0 Å². The molecule has 31 heavy (non-hydrogen) atoms. The van der Waals surface area contributed by atoms with Gasteiger partial charge in [0.2, 0.25) is 5.91 Å². The molecule has 0 spiro atoms. The van der Waals surface area contributed by atoms with Gasteiger partial charge in [-0.2, -0.15) is 0 Å². The van der Waals surface area contributed by atoms with Gasteiger partial charge in [0.15, 0.2) is 0 Å².